The molecule has 1 saturated heterocycles. The Kier molecular flexibility index (Phi) is 4.63. The fourth-order valence-electron chi connectivity index (χ4n) is 3.39. The van der Waals surface area contributed by atoms with E-state index in [0.29, 0.717) is 31.7 Å². The summed E-state index contributed by atoms with van der Waals surface area (Å²) in [6.45, 7) is 3.04. The van der Waals surface area contributed by atoms with Gasteiger partial charge in [-0.1, -0.05) is 30.3 Å². The third-order valence-electron chi connectivity index (χ3n) is 4.98. The van der Waals surface area contributed by atoms with Crippen LogP contribution in [0, 0.1) is 0 Å². The Morgan fingerprint density at radius 3 is 2.41 bits per heavy atom. The van der Waals surface area contributed by atoms with E-state index in [9.17, 15) is 13.2 Å². The number of aryl methyl sites for hydroxylation is 1. The molecule has 0 radical (unpaired) electrons. The van der Waals surface area contributed by atoms with Crippen LogP contribution in [0.25, 0.3) is 11.1 Å². The molecule has 1 fully saturated rings. The SMILES string of the molecule is Cn1c(=O)oc2cc(S(=O)(=O)N3CCN(Cc4ccccc4)CC3)ccc21. The Morgan fingerprint density at radius 1 is 1.00 bits per heavy atom. The maximum Gasteiger partial charge on any atom is 0.419 e. The van der Waals surface area contributed by atoms with E-state index in [1.165, 1.54) is 26.6 Å². The van der Waals surface area contributed by atoms with Crippen molar-refractivity contribution in [3.63, 3.8) is 0 Å². The fraction of sp³-hybridized carbons (Fsp3) is 0.316. The summed E-state index contributed by atoms with van der Waals surface area (Å²) in [5.41, 5.74) is 2.08. The van der Waals surface area contributed by atoms with Crippen molar-refractivity contribution in [1.82, 2.24) is 13.8 Å². The van der Waals surface area contributed by atoms with E-state index in [1.807, 2.05) is 18.2 Å². The van der Waals surface area contributed by atoms with Gasteiger partial charge in [0.25, 0.3) is 0 Å². The van der Waals surface area contributed by atoms with Crippen LogP contribution in [-0.4, -0.2) is 48.4 Å². The maximum atomic E-state index is 13.0. The molecule has 0 N–H and O–H groups in total. The second kappa shape index (κ2) is 6.95. The van der Waals surface area contributed by atoms with Gasteiger partial charge in [-0.3, -0.25) is 9.47 Å². The lowest BCUT2D eigenvalue weighted by molar-refractivity contribution is 0.181. The van der Waals surface area contributed by atoms with Gasteiger partial charge in [-0.15, -0.1) is 0 Å². The van der Waals surface area contributed by atoms with Gasteiger partial charge in [0, 0.05) is 45.8 Å². The highest BCUT2D eigenvalue weighted by atomic mass is 32.2. The topological polar surface area (TPSA) is 75.8 Å². The number of benzene rings is 2. The summed E-state index contributed by atoms with van der Waals surface area (Å²) in [4.78, 5) is 14.0. The van der Waals surface area contributed by atoms with E-state index < -0.39 is 15.8 Å². The molecule has 8 heteroatoms. The Hall–Kier alpha value is -2.42. The summed E-state index contributed by atoms with van der Waals surface area (Å²) in [7, 11) is -2.03. The normalized spacial score (nSPS) is 16.8. The van der Waals surface area contributed by atoms with Crippen LogP contribution >= 0.6 is 0 Å². The molecular formula is C19H21N3O4S. The molecule has 27 heavy (non-hydrogen) atoms. The third kappa shape index (κ3) is 3.43. The van der Waals surface area contributed by atoms with Gasteiger partial charge < -0.3 is 4.42 Å². The van der Waals surface area contributed by atoms with E-state index in [-0.39, 0.29) is 10.5 Å². The molecular weight excluding hydrogens is 366 g/mol. The second-order valence-corrected chi connectivity index (χ2v) is 8.66. The molecule has 2 heterocycles. The van der Waals surface area contributed by atoms with Crippen LogP contribution in [0.5, 0.6) is 0 Å². The van der Waals surface area contributed by atoms with Gasteiger partial charge in [-0.25, -0.2) is 13.2 Å². The molecule has 4 rings (SSSR count). The highest BCUT2D eigenvalue weighted by molar-refractivity contribution is 7.89. The summed E-state index contributed by atoms with van der Waals surface area (Å²) >= 11 is 0. The van der Waals surface area contributed by atoms with Crippen molar-refractivity contribution >= 4 is 21.1 Å². The predicted molar refractivity (Wildman–Crippen MR) is 102 cm³/mol. The Morgan fingerprint density at radius 2 is 1.70 bits per heavy atom. The molecule has 1 aromatic heterocycles. The average molecular weight is 387 g/mol. The molecule has 0 atom stereocenters. The first-order valence-corrected chi connectivity index (χ1v) is 10.3. The number of piperazine rings is 1. The summed E-state index contributed by atoms with van der Waals surface area (Å²) in [5.74, 6) is -0.505. The minimum absolute atomic E-state index is 0.154. The van der Waals surface area contributed by atoms with Gasteiger partial charge in [0.2, 0.25) is 10.0 Å². The largest absolute Gasteiger partial charge is 0.419 e. The summed E-state index contributed by atoms with van der Waals surface area (Å²) in [6.07, 6.45) is 0. The molecule has 0 bridgehead atoms. The van der Waals surface area contributed by atoms with Crippen molar-refractivity contribution in [3.05, 3.63) is 64.6 Å². The Balaban J connectivity index is 1.49. The first-order chi connectivity index (χ1) is 12.9. The smallest absolute Gasteiger partial charge is 0.408 e. The highest BCUT2D eigenvalue weighted by Gasteiger charge is 2.29. The van der Waals surface area contributed by atoms with E-state index >= 15 is 0 Å². The van der Waals surface area contributed by atoms with E-state index in [4.69, 9.17) is 4.42 Å². The van der Waals surface area contributed by atoms with Gasteiger partial charge in [-0.2, -0.15) is 4.31 Å². The molecule has 1 aliphatic rings. The molecule has 0 saturated carbocycles. The number of hydrogen-bond donors (Lipinski definition) is 0. The maximum absolute atomic E-state index is 13.0. The van der Waals surface area contributed by atoms with Crippen LogP contribution in [0.3, 0.4) is 0 Å². The predicted octanol–water partition coefficient (Wildman–Crippen LogP) is 1.64. The van der Waals surface area contributed by atoms with Gasteiger partial charge in [0.15, 0.2) is 5.58 Å². The van der Waals surface area contributed by atoms with Gasteiger partial charge >= 0.3 is 5.76 Å². The lowest BCUT2D eigenvalue weighted by atomic mass is 10.2. The first kappa shape index (κ1) is 18.0. The lowest BCUT2D eigenvalue weighted by Crippen LogP contribution is -2.48. The third-order valence-corrected chi connectivity index (χ3v) is 6.88. The van der Waals surface area contributed by atoms with Crippen LogP contribution in [-0.2, 0) is 23.6 Å². The number of aromatic nitrogens is 1. The molecule has 0 unspecified atom stereocenters. The van der Waals surface area contributed by atoms with Crippen molar-refractivity contribution in [2.45, 2.75) is 11.4 Å². The van der Waals surface area contributed by atoms with Gasteiger partial charge in [0.05, 0.1) is 10.4 Å². The van der Waals surface area contributed by atoms with Crippen LogP contribution in [0.2, 0.25) is 0 Å². The Labute approximate surface area is 157 Å². The monoisotopic (exact) mass is 387 g/mol. The van der Waals surface area contributed by atoms with Crippen molar-refractivity contribution < 1.29 is 12.8 Å². The Bertz CT molecular complexity index is 1110. The van der Waals surface area contributed by atoms with Crippen molar-refractivity contribution in [2.75, 3.05) is 26.2 Å². The quantitative estimate of drug-likeness (QED) is 0.680. The van der Waals surface area contributed by atoms with E-state index in [2.05, 4.69) is 17.0 Å². The number of rotatable bonds is 4. The lowest BCUT2D eigenvalue weighted by Gasteiger charge is -2.34. The minimum atomic E-state index is -3.62. The zero-order chi connectivity index (χ0) is 19.0. The number of fused-ring (bicyclic) bond motifs is 1. The van der Waals surface area contributed by atoms with Gasteiger partial charge in [-0.05, 0) is 17.7 Å². The molecule has 3 aromatic rings. The summed E-state index contributed by atoms with van der Waals surface area (Å²) < 4.78 is 33.9. The zero-order valence-corrected chi connectivity index (χ0v) is 15.9. The first-order valence-electron chi connectivity index (χ1n) is 8.81. The number of sulfonamides is 1. The molecule has 0 amide bonds. The van der Waals surface area contributed by atoms with Crippen molar-refractivity contribution in [1.29, 1.82) is 0 Å². The number of nitrogens with zero attached hydrogens (tertiary/aromatic N) is 3. The molecule has 142 valence electrons. The molecule has 0 spiro atoms. The molecule has 2 aromatic carbocycles. The zero-order valence-electron chi connectivity index (χ0n) is 15.0. The summed E-state index contributed by atoms with van der Waals surface area (Å²) in [6, 6.07) is 14.7. The average Bonchev–Trinajstić information content (AvgIpc) is 2.96. The second-order valence-electron chi connectivity index (χ2n) is 6.72. The van der Waals surface area contributed by atoms with Gasteiger partial charge in [0.1, 0.15) is 0 Å². The van der Waals surface area contributed by atoms with Crippen molar-refractivity contribution in [3.8, 4) is 0 Å². The summed E-state index contributed by atoms with van der Waals surface area (Å²) in [5, 5.41) is 0. The highest BCUT2D eigenvalue weighted by Crippen LogP contribution is 2.22. The van der Waals surface area contributed by atoms with Crippen LogP contribution in [0.1, 0.15) is 5.56 Å². The van der Waals surface area contributed by atoms with Crippen LogP contribution in [0.4, 0.5) is 0 Å². The van der Waals surface area contributed by atoms with Crippen LogP contribution in [0.15, 0.2) is 62.6 Å². The standard InChI is InChI=1S/C19H21N3O4S/c1-20-17-8-7-16(13-18(17)26-19(20)23)27(24,25)22-11-9-21(10-12-22)14-15-5-3-2-4-6-15/h2-8,13H,9-12,14H2,1H3. The molecule has 7 nitrogen and oxygen atoms in total. The number of oxazole rings is 1. The van der Waals surface area contributed by atoms with E-state index in [0.717, 1.165) is 6.54 Å². The minimum Gasteiger partial charge on any atom is -0.408 e. The van der Waals surface area contributed by atoms with E-state index in [1.54, 1.807) is 13.1 Å². The molecule has 1 aliphatic heterocycles. The van der Waals surface area contributed by atoms with Crippen molar-refractivity contribution in [2.24, 2.45) is 7.05 Å². The van der Waals surface area contributed by atoms with Crippen LogP contribution < -0.4 is 5.76 Å². The fourth-order valence-corrected chi connectivity index (χ4v) is 4.83. The molecule has 0 aliphatic carbocycles. The number of hydrogen-bond acceptors (Lipinski definition) is 5.